The largest absolute Gasteiger partial charge is 0.481 e. The van der Waals surface area contributed by atoms with Gasteiger partial charge in [-0.3, -0.25) is 14.4 Å². The average molecular weight is 501 g/mol. The number of para-hydroxylation sites is 1. The molecule has 0 saturated carbocycles. The van der Waals surface area contributed by atoms with Crippen molar-refractivity contribution < 1.29 is 24.6 Å². The summed E-state index contributed by atoms with van der Waals surface area (Å²) in [6, 6.07) is 5.16. The first-order valence-corrected chi connectivity index (χ1v) is 13.3. The van der Waals surface area contributed by atoms with Gasteiger partial charge in [-0.05, 0) is 64.0 Å². The van der Waals surface area contributed by atoms with E-state index in [1.54, 1.807) is 27.6 Å². The molecule has 0 radical (unpaired) electrons. The minimum atomic E-state index is -0.953. The summed E-state index contributed by atoms with van der Waals surface area (Å²) >= 11 is 1.56. The highest BCUT2D eigenvalue weighted by atomic mass is 32.2. The van der Waals surface area contributed by atoms with E-state index in [9.17, 15) is 24.6 Å². The zero-order valence-electron chi connectivity index (χ0n) is 20.8. The number of unbranched alkanes of at least 4 members (excludes halogenated alkanes) is 2. The van der Waals surface area contributed by atoms with Gasteiger partial charge in [-0.2, -0.15) is 0 Å². The van der Waals surface area contributed by atoms with Crippen molar-refractivity contribution in [1.82, 2.24) is 4.90 Å². The number of hydrogen-bond acceptors (Lipinski definition) is 5. The molecule has 3 heterocycles. The van der Waals surface area contributed by atoms with Crippen molar-refractivity contribution in [2.75, 3.05) is 24.6 Å². The number of aryl methyl sites for hydroxylation is 2. The van der Waals surface area contributed by atoms with Crippen molar-refractivity contribution in [3.05, 3.63) is 42.0 Å². The average Bonchev–Trinajstić information content (AvgIpc) is 3.36. The Labute approximate surface area is 211 Å². The zero-order chi connectivity index (χ0) is 25.5. The summed E-state index contributed by atoms with van der Waals surface area (Å²) in [6.45, 7) is 10.5. The number of benzene rings is 1. The molecule has 3 aliphatic rings. The van der Waals surface area contributed by atoms with Crippen LogP contribution >= 0.6 is 11.8 Å². The SMILES string of the molecule is C=CCN(C(=O)C1N(CCCCCO)C(=O)[C@@H]2[C@@H](C(=O)O)[C@@]3(C)CCC12S3)c1c(C)cccc1C. The van der Waals surface area contributed by atoms with Gasteiger partial charge in [0.1, 0.15) is 6.04 Å². The predicted octanol–water partition coefficient (Wildman–Crippen LogP) is 3.55. The van der Waals surface area contributed by atoms with E-state index in [4.69, 9.17) is 0 Å². The summed E-state index contributed by atoms with van der Waals surface area (Å²) in [5.74, 6) is -2.84. The van der Waals surface area contributed by atoms with Crippen LogP contribution in [-0.4, -0.2) is 68.1 Å². The summed E-state index contributed by atoms with van der Waals surface area (Å²) in [6.07, 6.45) is 5.04. The molecule has 1 aromatic rings. The van der Waals surface area contributed by atoms with Gasteiger partial charge in [-0.1, -0.05) is 24.3 Å². The van der Waals surface area contributed by atoms with Gasteiger partial charge in [0.25, 0.3) is 5.91 Å². The second-order valence-electron chi connectivity index (χ2n) is 10.4. The van der Waals surface area contributed by atoms with E-state index in [0.717, 1.165) is 23.2 Å². The molecule has 4 rings (SSSR count). The molecule has 3 fully saturated rings. The molecule has 1 aromatic carbocycles. The Hall–Kier alpha value is -2.32. The lowest BCUT2D eigenvalue weighted by Crippen LogP contribution is -2.55. The number of thioether (sulfide) groups is 1. The molecular formula is C27H36N2O5S. The Kier molecular flexibility index (Phi) is 7.08. The van der Waals surface area contributed by atoms with Crippen LogP contribution in [0.5, 0.6) is 0 Å². The highest BCUT2D eigenvalue weighted by molar-refractivity contribution is 8.02. The van der Waals surface area contributed by atoms with E-state index >= 15 is 0 Å². The topological polar surface area (TPSA) is 98.2 Å². The van der Waals surface area contributed by atoms with E-state index in [2.05, 4.69) is 6.58 Å². The number of rotatable bonds is 10. The Balaban J connectivity index is 1.79. The van der Waals surface area contributed by atoms with Crippen molar-refractivity contribution in [2.45, 2.75) is 68.4 Å². The number of nitrogens with zero attached hydrogens (tertiary/aromatic N) is 2. The first-order valence-electron chi connectivity index (χ1n) is 12.5. The molecule has 3 aliphatic heterocycles. The molecule has 0 aliphatic carbocycles. The molecule has 8 heteroatoms. The number of aliphatic hydroxyl groups excluding tert-OH is 1. The lowest BCUT2D eigenvalue weighted by molar-refractivity contribution is -0.150. The number of carboxylic acid groups (broad SMARTS) is 1. The Bertz CT molecular complexity index is 1020. The lowest BCUT2D eigenvalue weighted by atomic mass is 9.66. The van der Waals surface area contributed by atoms with E-state index in [1.165, 1.54) is 0 Å². The predicted molar refractivity (Wildman–Crippen MR) is 137 cm³/mol. The smallest absolute Gasteiger partial charge is 0.308 e. The molecule has 35 heavy (non-hydrogen) atoms. The highest BCUT2D eigenvalue weighted by Crippen LogP contribution is 2.71. The van der Waals surface area contributed by atoms with E-state index in [1.807, 2.05) is 39.0 Å². The first kappa shape index (κ1) is 25.8. The molecule has 1 spiro atoms. The molecule has 2 unspecified atom stereocenters. The van der Waals surface area contributed by atoms with Gasteiger partial charge in [-0.15, -0.1) is 18.3 Å². The Morgan fingerprint density at radius 3 is 2.51 bits per heavy atom. The normalized spacial score (nSPS) is 31.0. The summed E-state index contributed by atoms with van der Waals surface area (Å²) in [5, 5.41) is 19.3. The molecule has 2 N–H and O–H groups in total. The molecule has 2 amide bonds. The number of fused-ring (bicyclic) bond motifs is 1. The maximum absolute atomic E-state index is 14.5. The monoisotopic (exact) mass is 500 g/mol. The van der Waals surface area contributed by atoms with Crippen molar-refractivity contribution in [2.24, 2.45) is 11.8 Å². The van der Waals surface area contributed by atoms with Crippen LogP contribution in [-0.2, 0) is 14.4 Å². The van der Waals surface area contributed by atoms with Crippen LogP contribution < -0.4 is 4.90 Å². The molecular weight excluding hydrogens is 464 g/mol. The van der Waals surface area contributed by atoms with Gasteiger partial charge < -0.3 is 20.0 Å². The van der Waals surface area contributed by atoms with E-state index < -0.39 is 33.3 Å². The van der Waals surface area contributed by atoms with Crippen molar-refractivity contribution in [1.29, 1.82) is 0 Å². The van der Waals surface area contributed by atoms with Crippen LogP contribution in [0.4, 0.5) is 5.69 Å². The van der Waals surface area contributed by atoms with E-state index in [-0.39, 0.29) is 18.4 Å². The third-order valence-corrected chi connectivity index (χ3v) is 10.1. The summed E-state index contributed by atoms with van der Waals surface area (Å²) < 4.78 is -1.31. The summed E-state index contributed by atoms with van der Waals surface area (Å²) in [7, 11) is 0. The summed E-state index contributed by atoms with van der Waals surface area (Å²) in [4.78, 5) is 44.1. The number of aliphatic carboxylic acids is 1. The Morgan fingerprint density at radius 2 is 1.91 bits per heavy atom. The minimum absolute atomic E-state index is 0.0812. The Morgan fingerprint density at radius 1 is 1.23 bits per heavy atom. The van der Waals surface area contributed by atoms with Gasteiger partial charge in [0.2, 0.25) is 5.91 Å². The zero-order valence-corrected chi connectivity index (χ0v) is 21.6. The van der Waals surface area contributed by atoms with E-state index in [0.29, 0.717) is 38.8 Å². The van der Waals surface area contributed by atoms with Gasteiger partial charge >= 0.3 is 5.97 Å². The number of hydrogen-bond donors (Lipinski definition) is 2. The van der Waals surface area contributed by atoms with Crippen molar-refractivity contribution in [3.63, 3.8) is 0 Å². The van der Waals surface area contributed by atoms with Crippen LogP contribution in [0.2, 0.25) is 0 Å². The fourth-order valence-corrected chi connectivity index (χ4v) is 9.04. The molecule has 3 saturated heterocycles. The molecule has 7 nitrogen and oxygen atoms in total. The summed E-state index contributed by atoms with van der Waals surface area (Å²) in [5.41, 5.74) is 2.75. The first-order chi connectivity index (χ1) is 16.6. The quantitative estimate of drug-likeness (QED) is 0.377. The number of anilines is 1. The third-order valence-electron chi connectivity index (χ3n) is 8.12. The lowest BCUT2D eigenvalue weighted by Gasteiger charge is -2.38. The third kappa shape index (κ3) is 3.99. The maximum atomic E-state index is 14.5. The molecule has 2 bridgehead atoms. The molecule has 0 aromatic heterocycles. The fraction of sp³-hybridized carbons (Fsp3) is 0.593. The van der Waals surface area contributed by atoms with Crippen LogP contribution in [0.1, 0.15) is 50.2 Å². The molecule has 5 atom stereocenters. The van der Waals surface area contributed by atoms with Gasteiger partial charge in [0.05, 0.1) is 16.6 Å². The second kappa shape index (κ2) is 9.62. The number of amides is 2. The van der Waals surface area contributed by atoms with Gasteiger partial charge in [0, 0.05) is 30.1 Å². The van der Waals surface area contributed by atoms with Crippen LogP contribution in [0.3, 0.4) is 0 Å². The van der Waals surface area contributed by atoms with Crippen LogP contribution in [0, 0.1) is 25.7 Å². The van der Waals surface area contributed by atoms with Gasteiger partial charge in [-0.25, -0.2) is 0 Å². The van der Waals surface area contributed by atoms with Crippen LogP contribution in [0.25, 0.3) is 0 Å². The highest BCUT2D eigenvalue weighted by Gasteiger charge is 2.77. The fourth-order valence-electron chi connectivity index (χ4n) is 6.69. The van der Waals surface area contributed by atoms with Crippen molar-refractivity contribution in [3.8, 4) is 0 Å². The number of carbonyl (C=O) groups excluding carboxylic acids is 2. The second-order valence-corrected chi connectivity index (χ2v) is 12.3. The minimum Gasteiger partial charge on any atom is -0.481 e. The van der Waals surface area contributed by atoms with Crippen LogP contribution in [0.15, 0.2) is 30.9 Å². The number of carboxylic acids is 1. The van der Waals surface area contributed by atoms with Crippen molar-refractivity contribution >= 4 is 35.2 Å². The number of carbonyl (C=O) groups is 3. The van der Waals surface area contributed by atoms with Gasteiger partial charge in [0.15, 0.2) is 0 Å². The number of likely N-dealkylation sites (tertiary alicyclic amines) is 1. The number of aliphatic hydroxyl groups is 1. The maximum Gasteiger partial charge on any atom is 0.308 e. The molecule has 190 valence electrons. The standard InChI is InChI=1S/C27H36N2O5S/c1-5-14-28(21-17(2)10-9-11-18(21)3)24(32)22-27-13-12-26(4,35-27)20(25(33)34)19(27)23(31)29(22)15-7-6-8-16-30/h5,9-11,19-20,22,30H,1,6-8,12-16H2,2-4H3,(H,33,34)/t19-,20-,22?,26+,27?/m0/s1.